The maximum atomic E-state index is 8.40. The molecule has 0 bridgehead atoms. The summed E-state index contributed by atoms with van der Waals surface area (Å²) in [5.74, 6) is 0. The normalized spacial score (nSPS) is 8.90. The molecule has 0 amide bonds. The molecule has 1 aromatic heterocycles. The van der Waals surface area contributed by atoms with E-state index in [0.29, 0.717) is 0 Å². The Morgan fingerprint density at radius 2 is 2.40 bits per heavy atom. The second kappa shape index (κ2) is 5.61. The molecule has 1 rings (SSSR count). The molecule has 0 aliphatic carbocycles. The number of aryl methyl sites for hydroxylation is 1. The molecule has 10 heavy (non-hydrogen) atoms. The SMILES string of the molecule is OCCCc1[c-]nn[nH]1.[Au+]. The third-order valence-electron chi connectivity index (χ3n) is 1.00. The third-order valence-corrected chi connectivity index (χ3v) is 1.00. The van der Waals surface area contributed by atoms with Gasteiger partial charge in [-0.15, -0.1) is 10.9 Å². The number of H-pyrrole nitrogens is 1. The minimum Gasteiger partial charge on any atom is -0.396 e. The molecule has 60 valence electrons. The molecule has 0 unspecified atom stereocenters. The number of nitrogens with one attached hydrogen (secondary N) is 1. The molecule has 0 saturated carbocycles. The second-order valence-corrected chi connectivity index (χ2v) is 1.73. The molecule has 0 aliphatic rings. The molecule has 1 aromatic rings. The van der Waals surface area contributed by atoms with Gasteiger partial charge in [0.15, 0.2) is 0 Å². The van der Waals surface area contributed by atoms with Gasteiger partial charge in [-0.25, -0.2) is 0 Å². The summed E-state index contributed by atoms with van der Waals surface area (Å²) in [5, 5.41) is 18.0. The van der Waals surface area contributed by atoms with E-state index in [1.807, 2.05) is 0 Å². The van der Waals surface area contributed by atoms with E-state index in [4.69, 9.17) is 5.11 Å². The fraction of sp³-hybridized carbons (Fsp3) is 0.600. The number of hydrogen-bond donors (Lipinski definition) is 2. The van der Waals surface area contributed by atoms with E-state index >= 15 is 0 Å². The fourth-order valence-corrected chi connectivity index (χ4v) is 0.563. The van der Waals surface area contributed by atoms with Crippen molar-refractivity contribution < 1.29 is 27.5 Å². The Bertz CT molecular complexity index is 154. The largest absolute Gasteiger partial charge is 1.00 e. The topological polar surface area (TPSA) is 61.8 Å². The Hall–Kier alpha value is -0.160. The van der Waals surface area contributed by atoms with Crippen LogP contribution in [0, 0.1) is 6.20 Å². The van der Waals surface area contributed by atoms with Crippen LogP contribution >= 0.6 is 0 Å². The van der Waals surface area contributed by atoms with Crippen molar-refractivity contribution in [3.8, 4) is 0 Å². The van der Waals surface area contributed by atoms with Crippen LogP contribution in [0.2, 0.25) is 0 Å². The molecule has 0 atom stereocenters. The summed E-state index contributed by atoms with van der Waals surface area (Å²) in [5.41, 5.74) is 0.851. The quantitative estimate of drug-likeness (QED) is 0.584. The molecule has 4 nitrogen and oxygen atoms in total. The Morgan fingerprint density at radius 3 is 2.90 bits per heavy atom. The monoisotopic (exact) mass is 323 g/mol. The van der Waals surface area contributed by atoms with Crippen molar-refractivity contribution in [2.45, 2.75) is 12.8 Å². The first kappa shape index (κ1) is 9.84. The third kappa shape index (κ3) is 3.12. The van der Waals surface area contributed by atoms with Crippen LogP contribution in [0.25, 0.3) is 0 Å². The molecular weight excluding hydrogens is 315 g/mol. The van der Waals surface area contributed by atoms with Crippen LogP contribution in [0.15, 0.2) is 0 Å². The standard InChI is InChI=1S/C5H8N3O.Au/c9-3-1-2-5-4-6-8-7-5;/h9H,1-3H2,(H,6,7,8);/q-1;+1. The average Bonchev–Trinajstić information content (AvgIpc) is 2.34. The van der Waals surface area contributed by atoms with E-state index in [1.165, 1.54) is 0 Å². The molecule has 0 aliphatic heterocycles. The van der Waals surface area contributed by atoms with Gasteiger partial charge >= 0.3 is 22.4 Å². The van der Waals surface area contributed by atoms with Gasteiger partial charge in [-0.2, -0.15) is 0 Å². The first-order chi connectivity index (χ1) is 4.43. The first-order valence-corrected chi connectivity index (χ1v) is 2.82. The van der Waals surface area contributed by atoms with Crippen LogP contribution in [0.4, 0.5) is 0 Å². The molecule has 2 N–H and O–H groups in total. The maximum Gasteiger partial charge on any atom is 1.00 e. The first-order valence-electron chi connectivity index (χ1n) is 2.82. The number of aliphatic hydroxyl groups is 1. The van der Waals surface area contributed by atoms with Gasteiger partial charge in [0.25, 0.3) is 0 Å². The molecular formula is C5H8AuN3O. The summed E-state index contributed by atoms with van der Waals surface area (Å²) in [6.07, 6.45) is 4.15. The number of hydrogen-bond acceptors (Lipinski definition) is 3. The zero-order valence-electron chi connectivity index (χ0n) is 5.26. The molecule has 0 radical (unpaired) electrons. The minimum absolute atomic E-state index is 0. The Balaban J connectivity index is 0.000000810. The summed E-state index contributed by atoms with van der Waals surface area (Å²) < 4.78 is 0. The van der Waals surface area contributed by atoms with E-state index < -0.39 is 0 Å². The Morgan fingerprint density at radius 1 is 1.60 bits per heavy atom. The average molecular weight is 323 g/mol. The summed E-state index contributed by atoms with van der Waals surface area (Å²) in [7, 11) is 0. The van der Waals surface area contributed by atoms with Crippen molar-refractivity contribution in [1.82, 2.24) is 15.4 Å². The van der Waals surface area contributed by atoms with E-state index in [-0.39, 0.29) is 29.0 Å². The van der Waals surface area contributed by atoms with Gasteiger partial charge < -0.3 is 21.5 Å². The van der Waals surface area contributed by atoms with E-state index in [0.717, 1.165) is 18.5 Å². The van der Waals surface area contributed by atoms with Crippen molar-refractivity contribution in [3.63, 3.8) is 0 Å². The molecule has 0 aromatic carbocycles. The second-order valence-electron chi connectivity index (χ2n) is 1.73. The van der Waals surface area contributed by atoms with Crippen LogP contribution in [0.1, 0.15) is 12.1 Å². The van der Waals surface area contributed by atoms with E-state index in [2.05, 4.69) is 21.6 Å². The Kier molecular flexibility index (Phi) is 5.52. The van der Waals surface area contributed by atoms with E-state index in [9.17, 15) is 0 Å². The summed E-state index contributed by atoms with van der Waals surface area (Å²) >= 11 is 0. The van der Waals surface area contributed by atoms with Crippen LogP contribution in [-0.2, 0) is 28.8 Å². The van der Waals surface area contributed by atoms with Gasteiger partial charge in [0.05, 0.1) is 0 Å². The number of rotatable bonds is 3. The number of aromatic amines is 1. The van der Waals surface area contributed by atoms with Gasteiger partial charge in [-0.05, 0) is 12.8 Å². The zero-order chi connectivity index (χ0) is 6.53. The number of aliphatic hydroxyl groups excluding tert-OH is 1. The molecule has 5 heteroatoms. The zero-order valence-corrected chi connectivity index (χ0v) is 7.43. The van der Waals surface area contributed by atoms with Crippen molar-refractivity contribution in [2.24, 2.45) is 0 Å². The van der Waals surface area contributed by atoms with Crippen LogP contribution in [-0.4, -0.2) is 27.1 Å². The summed E-state index contributed by atoms with van der Waals surface area (Å²) in [4.78, 5) is 0. The van der Waals surface area contributed by atoms with Crippen molar-refractivity contribution in [2.75, 3.05) is 6.61 Å². The fourth-order valence-electron chi connectivity index (χ4n) is 0.563. The predicted octanol–water partition coefficient (Wildman–Crippen LogP) is -0.473. The van der Waals surface area contributed by atoms with Crippen molar-refractivity contribution in [3.05, 3.63) is 11.9 Å². The molecule has 0 saturated heterocycles. The van der Waals surface area contributed by atoms with Crippen molar-refractivity contribution in [1.29, 1.82) is 0 Å². The summed E-state index contributed by atoms with van der Waals surface area (Å²) in [6, 6.07) is 0. The van der Waals surface area contributed by atoms with Gasteiger partial charge in [0, 0.05) is 6.61 Å². The molecule has 0 spiro atoms. The van der Waals surface area contributed by atoms with Gasteiger partial charge in [0.1, 0.15) is 0 Å². The number of nitrogens with zero attached hydrogens (tertiary/aromatic N) is 2. The molecule has 0 fully saturated rings. The van der Waals surface area contributed by atoms with Crippen LogP contribution in [0.5, 0.6) is 0 Å². The summed E-state index contributed by atoms with van der Waals surface area (Å²) in [6.45, 7) is 0.201. The maximum absolute atomic E-state index is 8.40. The minimum atomic E-state index is 0. The predicted molar refractivity (Wildman–Crippen MR) is 30.6 cm³/mol. The molecule has 1 heterocycles. The Labute approximate surface area is 74.5 Å². The van der Waals surface area contributed by atoms with Gasteiger partial charge in [-0.3, -0.25) is 0 Å². The van der Waals surface area contributed by atoms with Crippen molar-refractivity contribution >= 4 is 0 Å². The van der Waals surface area contributed by atoms with Gasteiger partial charge in [-0.1, -0.05) is 0 Å². The van der Waals surface area contributed by atoms with Crippen LogP contribution < -0.4 is 0 Å². The number of aromatic nitrogens is 3. The van der Waals surface area contributed by atoms with Gasteiger partial charge in [0.2, 0.25) is 0 Å². The van der Waals surface area contributed by atoms with E-state index in [1.54, 1.807) is 0 Å². The van der Waals surface area contributed by atoms with Crippen LogP contribution in [0.3, 0.4) is 0 Å². The smallest absolute Gasteiger partial charge is 0.396 e.